The number of hydrogen-bond acceptors (Lipinski definition) is 0. The van der Waals surface area contributed by atoms with Crippen molar-refractivity contribution in [2.75, 3.05) is 0 Å². The number of hydrogen-bond donors (Lipinski definition) is 0. The molecule has 0 aliphatic carbocycles. The van der Waals surface area contributed by atoms with E-state index in [1.54, 1.807) is 0 Å². The maximum Gasteiger partial charge on any atom is -0.00143 e. The average molecular weight is 356 g/mol. The lowest BCUT2D eigenvalue weighted by molar-refractivity contribution is 1.54. The topological polar surface area (TPSA) is 0 Å². The summed E-state index contributed by atoms with van der Waals surface area (Å²) in [4.78, 5) is 0. The maximum atomic E-state index is 2.28. The fourth-order valence-corrected chi connectivity index (χ4v) is 4.89. The van der Waals surface area contributed by atoms with Gasteiger partial charge >= 0.3 is 0 Å². The van der Waals surface area contributed by atoms with Gasteiger partial charge in [-0.2, -0.15) is 0 Å². The van der Waals surface area contributed by atoms with E-state index in [0.717, 1.165) is 0 Å². The Morgan fingerprint density at radius 1 is 0.357 bits per heavy atom. The minimum atomic E-state index is 1.31. The van der Waals surface area contributed by atoms with E-state index in [4.69, 9.17) is 0 Å². The van der Waals surface area contributed by atoms with Gasteiger partial charge < -0.3 is 0 Å². The molecule has 0 saturated carbocycles. The summed E-state index contributed by atoms with van der Waals surface area (Å²) in [5.41, 5.74) is 2.66. The third kappa shape index (κ3) is 2.00. The molecular weight excluding hydrogens is 336 g/mol. The van der Waals surface area contributed by atoms with Crippen LogP contribution in [0, 0.1) is 13.8 Å². The molecule has 0 atom stereocenters. The number of fused-ring (bicyclic) bond motifs is 9. The number of aryl methyl sites for hydroxylation is 2. The van der Waals surface area contributed by atoms with Gasteiger partial charge in [-0.3, -0.25) is 0 Å². The SMILES string of the molecule is Cc1cccc2c1ccc1ccc3ccc4ccc5c(C)cccc5c4c3c12. The summed E-state index contributed by atoms with van der Waals surface area (Å²) in [6.07, 6.45) is 0. The molecule has 0 aromatic heterocycles. The largest absolute Gasteiger partial charge is 0.0613 e. The van der Waals surface area contributed by atoms with Crippen LogP contribution in [0.2, 0.25) is 0 Å². The predicted octanol–water partition coefficient (Wildman–Crippen LogP) is 8.07. The van der Waals surface area contributed by atoms with Crippen molar-refractivity contribution in [1.29, 1.82) is 0 Å². The predicted molar refractivity (Wildman–Crippen MR) is 123 cm³/mol. The highest BCUT2D eigenvalue weighted by atomic mass is 14.2. The van der Waals surface area contributed by atoms with Gasteiger partial charge in [0, 0.05) is 0 Å². The Hall–Kier alpha value is -3.38. The van der Waals surface area contributed by atoms with Crippen LogP contribution in [-0.2, 0) is 0 Å². The monoisotopic (exact) mass is 356 g/mol. The Bertz CT molecular complexity index is 1450. The van der Waals surface area contributed by atoms with Crippen molar-refractivity contribution < 1.29 is 0 Å². The van der Waals surface area contributed by atoms with Crippen LogP contribution in [0.5, 0.6) is 0 Å². The van der Waals surface area contributed by atoms with Gasteiger partial charge in [-0.15, -0.1) is 0 Å². The van der Waals surface area contributed by atoms with Crippen molar-refractivity contribution in [2.45, 2.75) is 13.8 Å². The van der Waals surface area contributed by atoms with Gasteiger partial charge in [0.15, 0.2) is 0 Å². The minimum absolute atomic E-state index is 1.31. The summed E-state index contributed by atoms with van der Waals surface area (Å²) in [6.45, 7) is 4.41. The fraction of sp³-hybridized carbons (Fsp3) is 0.0714. The first-order valence-electron chi connectivity index (χ1n) is 9.88. The van der Waals surface area contributed by atoms with E-state index in [0.29, 0.717) is 0 Å². The summed E-state index contributed by atoms with van der Waals surface area (Å²) in [5, 5.41) is 13.4. The lowest BCUT2D eigenvalue weighted by Crippen LogP contribution is -1.87. The van der Waals surface area contributed by atoms with Gasteiger partial charge in [0.05, 0.1) is 0 Å². The Kier molecular flexibility index (Phi) is 3.11. The van der Waals surface area contributed by atoms with Gasteiger partial charge in [-0.1, -0.05) is 84.9 Å². The molecule has 6 rings (SSSR count). The molecule has 0 aliphatic heterocycles. The van der Waals surface area contributed by atoms with Gasteiger partial charge in [0.25, 0.3) is 0 Å². The third-order valence-corrected chi connectivity index (χ3v) is 6.30. The average Bonchev–Trinajstić information content (AvgIpc) is 2.73. The number of rotatable bonds is 0. The molecule has 132 valence electrons. The quantitative estimate of drug-likeness (QED) is 0.241. The standard InChI is InChI=1S/C28H20/c1-17-5-3-7-24-22(17)15-13-19-9-11-21-12-10-20-14-16-23-18(2)6-4-8-25(23)27(20)28(21)26(19)24/h3-16H,1-2H3. The Morgan fingerprint density at radius 2 is 0.750 bits per heavy atom. The van der Waals surface area contributed by atoms with Crippen LogP contribution in [0.1, 0.15) is 11.1 Å². The molecule has 0 unspecified atom stereocenters. The Morgan fingerprint density at radius 3 is 1.21 bits per heavy atom. The van der Waals surface area contributed by atoms with Crippen molar-refractivity contribution in [3.63, 3.8) is 0 Å². The van der Waals surface area contributed by atoms with Crippen molar-refractivity contribution in [2.24, 2.45) is 0 Å². The van der Waals surface area contributed by atoms with Crippen LogP contribution in [0.4, 0.5) is 0 Å². The van der Waals surface area contributed by atoms with Crippen molar-refractivity contribution in [3.05, 3.63) is 96.1 Å². The maximum absolute atomic E-state index is 2.28. The lowest BCUT2D eigenvalue weighted by atomic mass is 9.89. The molecule has 0 heterocycles. The van der Waals surface area contributed by atoms with Crippen LogP contribution in [0.3, 0.4) is 0 Å². The first-order valence-corrected chi connectivity index (χ1v) is 9.88. The van der Waals surface area contributed by atoms with E-state index in [2.05, 4.69) is 98.8 Å². The highest BCUT2D eigenvalue weighted by molar-refractivity contribution is 6.32. The smallest absolute Gasteiger partial charge is 0.00143 e. The summed E-state index contributed by atoms with van der Waals surface area (Å²) < 4.78 is 0. The van der Waals surface area contributed by atoms with E-state index in [1.165, 1.54) is 65.0 Å². The van der Waals surface area contributed by atoms with Gasteiger partial charge in [0.2, 0.25) is 0 Å². The zero-order valence-corrected chi connectivity index (χ0v) is 16.1. The summed E-state index contributed by atoms with van der Waals surface area (Å²) >= 11 is 0. The molecule has 0 amide bonds. The van der Waals surface area contributed by atoms with Crippen molar-refractivity contribution >= 4 is 53.9 Å². The molecule has 0 heteroatoms. The minimum Gasteiger partial charge on any atom is -0.0613 e. The van der Waals surface area contributed by atoms with Crippen molar-refractivity contribution in [3.8, 4) is 0 Å². The van der Waals surface area contributed by atoms with Crippen LogP contribution in [-0.4, -0.2) is 0 Å². The summed E-state index contributed by atoms with van der Waals surface area (Å²) in [6, 6.07) is 31.5. The molecule has 0 N–H and O–H groups in total. The molecule has 0 aliphatic rings. The van der Waals surface area contributed by atoms with E-state index in [1.807, 2.05) is 0 Å². The molecule has 0 bridgehead atoms. The van der Waals surface area contributed by atoms with Crippen LogP contribution >= 0.6 is 0 Å². The lowest BCUT2D eigenvalue weighted by Gasteiger charge is -2.14. The second kappa shape index (κ2) is 5.56. The molecule has 6 aromatic rings. The van der Waals surface area contributed by atoms with E-state index in [-0.39, 0.29) is 0 Å². The van der Waals surface area contributed by atoms with E-state index < -0.39 is 0 Å². The summed E-state index contributed by atoms with van der Waals surface area (Å²) in [7, 11) is 0. The highest BCUT2D eigenvalue weighted by Gasteiger charge is 2.12. The Balaban J connectivity index is 2.02. The molecule has 0 spiro atoms. The molecule has 28 heavy (non-hydrogen) atoms. The molecule has 0 nitrogen and oxygen atoms in total. The molecule has 6 aromatic carbocycles. The van der Waals surface area contributed by atoms with Crippen LogP contribution in [0.15, 0.2) is 84.9 Å². The van der Waals surface area contributed by atoms with E-state index in [9.17, 15) is 0 Å². The molecule has 0 radical (unpaired) electrons. The summed E-state index contributed by atoms with van der Waals surface area (Å²) in [5.74, 6) is 0. The van der Waals surface area contributed by atoms with Crippen LogP contribution < -0.4 is 0 Å². The zero-order valence-electron chi connectivity index (χ0n) is 16.1. The molecule has 0 saturated heterocycles. The fourth-order valence-electron chi connectivity index (χ4n) is 4.89. The second-order valence-corrected chi connectivity index (χ2v) is 7.90. The first-order chi connectivity index (χ1) is 13.7. The van der Waals surface area contributed by atoms with Crippen LogP contribution in [0.25, 0.3) is 53.9 Å². The highest BCUT2D eigenvalue weighted by Crippen LogP contribution is 2.40. The number of benzene rings is 6. The third-order valence-electron chi connectivity index (χ3n) is 6.30. The molecular formula is C28H20. The normalized spacial score (nSPS) is 11.9. The van der Waals surface area contributed by atoms with Crippen molar-refractivity contribution in [1.82, 2.24) is 0 Å². The van der Waals surface area contributed by atoms with Gasteiger partial charge in [-0.25, -0.2) is 0 Å². The van der Waals surface area contributed by atoms with Gasteiger partial charge in [0.1, 0.15) is 0 Å². The van der Waals surface area contributed by atoms with Gasteiger partial charge in [-0.05, 0) is 78.8 Å². The first kappa shape index (κ1) is 15.7. The Labute approximate surface area is 164 Å². The second-order valence-electron chi connectivity index (χ2n) is 7.90. The zero-order chi connectivity index (χ0) is 18.8. The van der Waals surface area contributed by atoms with E-state index >= 15 is 0 Å². The molecule has 0 fully saturated rings.